The highest BCUT2D eigenvalue weighted by molar-refractivity contribution is 7.92. The number of aromatic hydroxyl groups is 1. The monoisotopic (exact) mass is 537 g/mol. The molecule has 36 heavy (non-hydrogen) atoms. The molecule has 0 bridgehead atoms. The molecule has 0 radical (unpaired) electrons. The smallest absolute Gasteiger partial charge is 0.286 e. The molecule has 2 aliphatic rings. The van der Waals surface area contributed by atoms with E-state index in [9.17, 15) is 26.7 Å². The van der Waals surface area contributed by atoms with Gasteiger partial charge in [0.2, 0.25) is 10.0 Å². The Morgan fingerprint density at radius 2 is 1.94 bits per heavy atom. The molecule has 2 heterocycles. The lowest BCUT2D eigenvalue weighted by Crippen LogP contribution is -2.35. The van der Waals surface area contributed by atoms with Gasteiger partial charge in [0.05, 0.1) is 11.9 Å². The van der Waals surface area contributed by atoms with Crippen LogP contribution in [0.15, 0.2) is 32.3 Å². The third kappa shape index (κ3) is 5.72. The van der Waals surface area contributed by atoms with E-state index in [0.29, 0.717) is 36.9 Å². The molecule has 1 aromatic heterocycles. The van der Waals surface area contributed by atoms with E-state index < -0.39 is 25.6 Å². The van der Waals surface area contributed by atoms with Crippen LogP contribution < -0.4 is 15.6 Å². The third-order valence-electron chi connectivity index (χ3n) is 6.34. The van der Waals surface area contributed by atoms with Gasteiger partial charge in [-0.05, 0) is 42.9 Å². The molecule has 2 aromatic rings. The summed E-state index contributed by atoms with van der Waals surface area (Å²) in [5, 5.41) is 18.4. The predicted molar refractivity (Wildman–Crippen MR) is 138 cm³/mol. The number of sulfonamides is 2. The van der Waals surface area contributed by atoms with Crippen LogP contribution in [0.25, 0.3) is 0 Å². The number of nitrogens with zero attached hydrogens (tertiary/aromatic N) is 3. The van der Waals surface area contributed by atoms with Crippen LogP contribution in [-0.2, 0) is 33.0 Å². The Morgan fingerprint density at radius 1 is 1.25 bits per heavy atom. The van der Waals surface area contributed by atoms with Gasteiger partial charge in [0.15, 0.2) is 11.6 Å². The molecule has 11 nitrogen and oxygen atoms in total. The van der Waals surface area contributed by atoms with Gasteiger partial charge < -0.3 is 10.4 Å². The third-order valence-corrected chi connectivity index (χ3v) is 8.26. The summed E-state index contributed by atoms with van der Waals surface area (Å²) in [6.07, 6.45) is 6.33. The van der Waals surface area contributed by atoms with E-state index in [-0.39, 0.29) is 33.4 Å². The highest BCUT2D eigenvalue weighted by Crippen LogP contribution is 2.34. The summed E-state index contributed by atoms with van der Waals surface area (Å²) in [5.41, 5.74) is -0.360. The second-order valence-corrected chi connectivity index (χ2v) is 13.2. The van der Waals surface area contributed by atoms with Gasteiger partial charge in [-0.15, -0.1) is 4.40 Å². The zero-order valence-corrected chi connectivity index (χ0v) is 22.1. The van der Waals surface area contributed by atoms with E-state index in [4.69, 9.17) is 0 Å². The molecule has 1 aliphatic heterocycles. The highest BCUT2D eigenvalue weighted by atomic mass is 32.2. The average molecular weight is 538 g/mol. The Balaban J connectivity index is 1.80. The second kappa shape index (κ2) is 9.85. The van der Waals surface area contributed by atoms with Crippen LogP contribution in [0.4, 0.5) is 11.4 Å². The minimum Gasteiger partial charge on any atom is -0.505 e. The van der Waals surface area contributed by atoms with E-state index in [1.165, 1.54) is 16.8 Å². The first kappa shape index (κ1) is 26.1. The molecule has 1 saturated carbocycles. The van der Waals surface area contributed by atoms with Crippen molar-refractivity contribution in [2.75, 3.05) is 16.3 Å². The highest BCUT2D eigenvalue weighted by Gasteiger charge is 2.31. The van der Waals surface area contributed by atoms with E-state index in [2.05, 4.69) is 19.5 Å². The van der Waals surface area contributed by atoms with Crippen LogP contribution >= 0.6 is 0 Å². The minimum atomic E-state index is -4.31. The number of aryl methyl sites for hydroxylation is 1. The van der Waals surface area contributed by atoms with Crippen molar-refractivity contribution in [3.63, 3.8) is 0 Å². The summed E-state index contributed by atoms with van der Waals surface area (Å²) >= 11 is 0. The number of rotatable bonds is 8. The summed E-state index contributed by atoms with van der Waals surface area (Å²) < 4.78 is 56.5. The van der Waals surface area contributed by atoms with E-state index in [0.717, 1.165) is 38.0 Å². The van der Waals surface area contributed by atoms with E-state index in [1.54, 1.807) is 0 Å². The lowest BCUT2D eigenvalue weighted by Gasteiger charge is -2.21. The number of nitrogens with one attached hydrogen (secondary N) is 2. The zero-order chi connectivity index (χ0) is 26.3. The summed E-state index contributed by atoms with van der Waals surface area (Å²) in [5.74, 6) is -0.0182. The SMILES string of the molecule is CC(C)CCn1nc(CC2CCCC2)c(O)c(C2=NS(=O)(=O)c3cc(NS(C)(=O)=O)ccc3N2)c1=O. The summed E-state index contributed by atoms with van der Waals surface area (Å²) in [7, 11) is -7.94. The van der Waals surface area contributed by atoms with E-state index >= 15 is 0 Å². The van der Waals surface area contributed by atoms with Gasteiger partial charge in [-0.2, -0.15) is 13.5 Å². The van der Waals surface area contributed by atoms with Crippen LogP contribution in [0.5, 0.6) is 5.75 Å². The number of anilines is 2. The van der Waals surface area contributed by atoms with Gasteiger partial charge in [-0.25, -0.2) is 13.1 Å². The summed E-state index contributed by atoms with van der Waals surface area (Å²) in [6, 6.07) is 3.92. The van der Waals surface area contributed by atoms with Gasteiger partial charge in [-0.3, -0.25) is 9.52 Å². The quantitative estimate of drug-likeness (QED) is 0.463. The Hall–Kier alpha value is -2.93. The van der Waals surface area contributed by atoms with Crippen LogP contribution in [-0.4, -0.2) is 43.8 Å². The maximum atomic E-state index is 13.4. The molecule has 0 saturated heterocycles. The van der Waals surface area contributed by atoms with Crippen LogP contribution in [0.2, 0.25) is 0 Å². The topological polar surface area (TPSA) is 160 Å². The van der Waals surface area contributed by atoms with E-state index in [1.807, 2.05) is 13.8 Å². The Morgan fingerprint density at radius 3 is 2.58 bits per heavy atom. The maximum absolute atomic E-state index is 13.4. The Kier molecular flexibility index (Phi) is 7.15. The van der Waals surface area contributed by atoms with Gasteiger partial charge in [0.25, 0.3) is 15.6 Å². The lowest BCUT2D eigenvalue weighted by molar-refractivity contribution is 0.415. The first-order valence-corrected chi connectivity index (χ1v) is 15.2. The van der Waals surface area contributed by atoms with Gasteiger partial charge in [0, 0.05) is 12.2 Å². The molecule has 0 unspecified atom stereocenters. The number of hydrogen-bond acceptors (Lipinski definition) is 8. The fraction of sp³-hybridized carbons (Fsp3) is 0.522. The van der Waals surface area contributed by atoms with Gasteiger partial charge in [-0.1, -0.05) is 39.5 Å². The maximum Gasteiger partial charge on any atom is 0.286 e. The standard InChI is InChI=1S/C23H31N5O6S2/c1-14(2)10-11-28-23(30)20(21(29)18(25-28)12-15-6-4-5-7-15)22-24-17-9-8-16(26-35(3,31)32)13-19(17)36(33,34)27-22/h8-9,13-15,26,29H,4-7,10-12H2,1-3H3,(H,24,27). The molecule has 0 spiro atoms. The number of amidine groups is 1. The molecule has 0 amide bonds. The predicted octanol–water partition coefficient (Wildman–Crippen LogP) is 2.66. The average Bonchev–Trinajstić information content (AvgIpc) is 3.27. The first-order chi connectivity index (χ1) is 16.8. The molecule has 13 heteroatoms. The van der Waals surface area contributed by atoms with Gasteiger partial charge in [0.1, 0.15) is 16.2 Å². The zero-order valence-electron chi connectivity index (χ0n) is 20.5. The van der Waals surface area contributed by atoms with Crippen molar-refractivity contribution in [1.29, 1.82) is 0 Å². The first-order valence-electron chi connectivity index (χ1n) is 11.9. The molecular formula is C23H31N5O6S2. The van der Waals surface area contributed by atoms with Crippen LogP contribution in [0.3, 0.4) is 0 Å². The molecule has 3 N–H and O–H groups in total. The summed E-state index contributed by atoms with van der Waals surface area (Å²) in [4.78, 5) is 13.1. The van der Waals surface area contributed by atoms with Crippen molar-refractivity contribution in [3.05, 3.63) is 39.8 Å². The number of aromatic nitrogens is 2. The fourth-order valence-electron chi connectivity index (χ4n) is 4.53. The molecule has 1 fully saturated rings. The lowest BCUT2D eigenvalue weighted by atomic mass is 10.00. The van der Waals surface area contributed by atoms with Crippen molar-refractivity contribution in [2.45, 2.75) is 63.8 Å². The molecule has 196 valence electrons. The number of hydrogen-bond donors (Lipinski definition) is 3. The van der Waals surface area contributed by atoms with Crippen molar-refractivity contribution in [1.82, 2.24) is 9.78 Å². The molecule has 1 aromatic carbocycles. The molecular weight excluding hydrogens is 506 g/mol. The number of fused-ring (bicyclic) bond motifs is 1. The van der Waals surface area contributed by atoms with Crippen LogP contribution in [0.1, 0.15) is 57.2 Å². The number of benzene rings is 1. The second-order valence-electron chi connectivity index (χ2n) is 9.86. The van der Waals surface area contributed by atoms with Crippen molar-refractivity contribution >= 4 is 37.3 Å². The normalized spacial score (nSPS) is 17.5. The minimum absolute atomic E-state index is 0.0573. The van der Waals surface area contributed by atoms with Crippen LogP contribution in [0, 0.1) is 11.8 Å². The Bertz CT molecular complexity index is 1470. The molecule has 0 atom stereocenters. The van der Waals surface area contributed by atoms with Crippen molar-refractivity contribution in [3.8, 4) is 5.75 Å². The molecule has 1 aliphatic carbocycles. The van der Waals surface area contributed by atoms with Gasteiger partial charge >= 0.3 is 0 Å². The molecule has 4 rings (SSSR count). The summed E-state index contributed by atoms with van der Waals surface area (Å²) in [6.45, 7) is 4.36. The Labute approximate surface area is 210 Å². The fourth-order valence-corrected chi connectivity index (χ4v) is 6.23. The van der Waals surface area contributed by atoms with Crippen molar-refractivity contribution < 1.29 is 21.9 Å². The van der Waals surface area contributed by atoms with Crippen molar-refractivity contribution in [2.24, 2.45) is 16.2 Å². The largest absolute Gasteiger partial charge is 0.505 e.